The van der Waals surface area contributed by atoms with Crippen molar-refractivity contribution in [3.63, 3.8) is 0 Å². The number of sulfonamides is 1. The highest BCUT2D eigenvalue weighted by Gasteiger charge is 2.21. The molecule has 0 radical (unpaired) electrons. The van der Waals surface area contributed by atoms with E-state index in [1.165, 1.54) is 29.5 Å². The van der Waals surface area contributed by atoms with Gasteiger partial charge in [-0.1, -0.05) is 17.7 Å². The number of nitrogens with one attached hydrogen (secondary N) is 2. The van der Waals surface area contributed by atoms with Crippen LogP contribution < -0.4 is 14.8 Å². The SMILES string of the molecule is CCOc1ccc(NS(=O)(=O)c2cc(C(=O)NC(C)c3cccs3)ccc2Cl)cc1. The van der Waals surface area contributed by atoms with Crippen LogP contribution >= 0.6 is 22.9 Å². The molecule has 6 nitrogen and oxygen atoms in total. The zero-order valence-corrected chi connectivity index (χ0v) is 18.8. The molecule has 1 unspecified atom stereocenters. The van der Waals surface area contributed by atoms with Gasteiger partial charge in [0.05, 0.1) is 17.7 Å². The highest BCUT2D eigenvalue weighted by Crippen LogP contribution is 2.26. The Labute approximate surface area is 184 Å². The van der Waals surface area contributed by atoms with Crippen molar-refractivity contribution in [2.75, 3.05) is 11.3 Å². The van der Waals surface area contributed by atoms with Gasteiger partial charge in [-0.2, -0.15) is 0 Å². The third kappa shape index (κ3) is 5.33. The number of ether oxygens (including phenoxy) is 1. The number of hydrogen-bond donors (Lipinski definition) is 2. The molecule has 2 N–H and O–H groups in total. The van der Waals surface area contributed by atoms with E-state index in [1.54, 1.807) is 24.3 Å². The van der Waals surface area contributed by atoms with Crippen LogP contribution in [0.1, 0.15) is 35.1 Å². The number of carbonyl (C=O) groups excluding carboxylic acids is 1. The quantitative estimate of drug-likeness (QED) is 0.486. The molecular weight excluding hydrogens is 444 g/mol. The average Bonchev–Trinajstić information content (AvgIpc) is 3.24. The van der Waals surface area contributed by atoms with Crippen molar-refractivity contribution < 1.29 is 17.9 Å². The molecule has 3 aromatic rings. The minimum absolute atomic E-state index is 0.0243. The number of benzene rings is 2. The molecule has 0 spiro atoms. The summed E-state index contributed by atoms with van der Waals surface area (Å²) in [6.07, 6.45) is 0. The van der Waals surface area contributed by atoms with E-state index in [0.29, 0.717) is 18.0 Å². The van der Waals surface area contributed by atoms with E-state index < -0.39 is 10.0 Å². The zero-order chi connectivity index (χ0) is 21.7. The lowest BCUT2D eigenvalue weighted by molar-refractivity contribution is 0.0940. The molecule has 1 heterocycles. The Hall–Kier alpha value is -2.55. The van der Waals surface area contributed by atoms with Gasteiger partial charge < -0.3 is 10.1 Å². The molecular formula is C21H21ClN2O4S2. The van der Waals surface area contributed by atoms with Crippen LogP contribution in [0.3, 0.4) is 0 Å². The maximum absolute atomic E-state index is 12.9. The van der Waals surface area contributed by atoms with Crippen LogP contribution in [-0.2, 0) is 10.0 Å². The zero-order valence-electron chi connectivity index (χ0n) is 16.4. The van der Waals surface area contributed by atoms with Crippen LogP contribution in [0.25, 0.3) is 0 Å². The monoisotopic (exact) mass is 464 g/mol. The number of rotatable bonds is 8. The summed E-state index contributed by atoms with van der Waals surface area (Å²) in [4.78, 5) is 13.4. The summed E-state index contributed by atoms with van der Waals surface area (Å²) < 4.78 is 33.5. The van der Waals surface area contributed by atoms with E-state index in [0.717, 1.165) is 4.88 Å². The third-order valence-electron chi connectivity index (χ3n) is 4.22. The normalized spacial score (nSPS) is 12.2. The predicted molar refractivity (Wildman–Crippen MR) is 120 cm³/mol. The Morgan fingerprint density at radius 3 is 2.53 bits per heavy atom. The number of halogens is 1. The highest BCUT2D eigenvalue weighted by molar-refractivity contribution is 7.92. The molecule has 0 fully saturated rings. The predicted octanol–water partition coefficient (Wildman–Crippen LogP) is 5.09. The van der Waals surface area contributed by atoms with Gasteiger partial charge in [-0.3, -0.25) is 9.52 Å². The molecule has 1 amide bonds. The summed E-state index contributed by atoms with van der Waals surface area (Å²) in [5, 5.41) is 4.82. The second kappa shape index (κ2) is 9.51. The molecule has 2 aromatic carbocycles. The van der Waals surface area contributed by atoms with Gasteiger partial charge in [-0.25, -0.2) is 8.42 Å². The van der Waals surface area contributed by atoms with E-state index in [-0.39, 0.29) is 27.4 Å². The first-order valence-corrected chi connectivity index (χ1v) is 11.9. The van der Waals surface area contributed by atoms with Gasteiger partial charge in [0.2, 0.25) is 0 Å². The number of thiophene rings is 1. The number of amides is 1. The van der Waals surface area contributed by atoms with Crippen LogP contribution in [0.4, 0.5) is 5.69 Å². The van der Waals surface area contributed by atoms with Crippen molar-refractivity contribution in [2.24, 2.45) is 0 Å². The van der Waals surface area contributed by atoms with Gasteiger partial charge in [0.1, 0.15) is 10.6 Å². The van der Waals surface area contributed by atoms with Gasteiger partial charge in [0.15, 0.2) is 0 Å². The van der Waals surface area contributed by atoms with Gasteiger partial charge in [0, 0.05) is 16.1 Å². The Morgan fingerprint density at radius 1 is 1.17 bits per heavy atom. The fourth-order valence-electron chi connectivity index (χ4n) is 2.74. The molecule has 0 saturated heterocycles. The standard InChI is InChI=1S/C21H21ClN2O4S2/c1-3-28-17-9-7-16(8-10-17)24-30(26,27)20-13-15(6-11-18(20)22)21(25)23-14(2)19-5-4-12-29-19/h4-14,24H,3H2,1-2H3,(H,23,25). The Morgan fingerprint density at radius 2 is 1.90 bits per heavy atom. The molecule has 1 aromatic heterocycles. The van der Waals surface area contributed by atoms with Crippen LogP contribution in [0.5, 0.6) is 5.75 Å². The fourth-order valence-corrected chi connectivity index (χ4v) is 5.06. The summed E-state index contributed by atoms with van der Waals surface area (Å²) in [5.74, 6) is 0.252. The molecule has 9 heteroatoms. The van der Waals surface area contributed by atoms with Crippen LogP contribution in [0.15, 0.2) is 64.9 Å². The maximum Gasteiger partial charge on any atom is 0.263 e. The fraction of sp³-hybridized carbons (Fsp3) is 0.190. The maximum atomic E-state index is 12.9. The minimum atomic E-state index is -4.00. The average molecular weight is 465 g/mol. The van der Waals surface area contributed by atoms with Crippen LogP contribution in [0.2, 0.25) is 5.02 Å². The highest BCUT2D eigenvalue weighted by atomic mass is 35.5. The second-order valence-electron chi connectivity index (χ2n) is 6.42. The van der Waals surface area contributed by atoms with Crippen LogP contribution in [-0.4, -0.2) is 20.9 Å². The summed E-state index contributed by atoms with van der Waals surface area (Å²) in [5.41, 5.74) is 0.561. The van der Waals surface area contributed by atoms with Crippen molar-refractivity contribution >= 4 is 44.6 Å². The second-order valence-corrected chi connectivity index (χ2v) is 9.46. The van der Waals surface area contributed by atoms with E-state index in [4.69, 9.17) is 16.3 Å². The first kappa shape index (κ1) is 22.1. The largest absolute Gasteiger partial charge is 0.494 e. The van der Waals surface area contributed by atoms with Crippen molar-refractivity contribution in [3.05, 3.63) is 75.4 Å². The lowest BCUT2D eigenvalue weighted by atomic mass is 10.2. The molecule has 158 valence electrons. The number of carbonyl (C=O) groups is 1. The Kier molecular flexibility index (Phi) is 7.02. The molecule has 0 saturated carbocycles. The molecule has 3 rings (SSSR count). The Balaban J connectivity index is 1.80. The van der Waals surface area contributed by atoms with E-state index in [1.807, 2.05) is 31.4 Å². The van der Waals surface area contributed by atoms with Gasteiger partial charge >= 0.3 is 0 Å². The molecule has 30 heavy (non-hydrogen) atoms. The summed E-state index contributed by atoms with van der Waals surface area (Å²) in [6.45, 7) is 4.24. The van der Waals surface area contributed by atoms with Crippen molar-refractivity contribution in [2.45, 2.75) is 24.8 Å². The third-order valence-corrected chi connectivity index (χ3v) is 7.14. The summed E-state index contributed by atoms with van der Waals surface area (Å²) >= 11 is 7.67. The minimum Gasteiger partial charge on any atom is -0.494 e. The molecule has 1 atom stereocenters. The number of hydrogen-bond acceptors (Lipinski definition) is 5. The summed E-state index contributed by atoms with van der Waals surface area (Å²) in [6, 6.07) is 14.3. The van der Waals surface area contributed by atoms with Gasteiger partial charge in [-0.05, 0) is 67.8 Å². The smallest absolute Gasteiger partial charge is 0.263 e. The lowest BCUT2D eigenvalue weighted by Gasteiger charge is -2.14. The Bertz CT molecular complexity index is 1110. The molecule has 0 bridgehead atoms. The van der Waals surface area contributed by atoms with E-state index >= 15 is 0 Å². The molecule has 0 aliphatic rings. The molecule has 0 aliphatic heterocycles. The van der Waals surface area contributed by atoms with E-state index in [2.05, 4.69) is 10.0 Å². The summed E-state index contributed by atoms with van der Waals surface area (Å²) in [7, 11) is -4.00. The van der Waals surface area contributed by atoms with Gasteiger partial charge in [0.25, 0.3) is 15.9 Å². The molecule has 0 aliphatic carbocycles. The van der Waals surface area contributed by atoms with Crippen molar-refractivity contribution in [1.82, 2.24) is 5.32 Å². The first-order valence-electron chi connectivity index (χ1n) is 9.19. The van der Waals surface area contributed by atoms with Crippen molar-refractivity contribution in [1.29, 1.82) is 0 Å². The van der Waals surface area contributed by atoms with Gasteiger partial charge in [-0.15, -0.1) is 11.3 Å². The van der Waals surface area contributed by atoms with Crippen LogP contribution in [0, 0.1) is 0 Å². The van der Waals surface area contributed by atoms with E-state index in [9.17, 15) is 13.2 Å². The van der Waals surface area contributed by atoms with Crippen molar-refractivity contribution in [3.8, 4) is 5.75 Å². The topological polar surface area (TPSA) is 84.5 Å². The lowest BCUT2D eigenvalue weighted by Crippen LogP contribution is -2.26. The first-order chi connectivity index (χ1) is 14.3. The number of anilines is 1.